The first-order valence-corrected chi connectivity index (χ1v) is 6.04. The lowest BCUT2D eigenvalue weighted by Crippen LogP contribution is -2.00. The van der Waals surface area contributed by atoms with E-state index in [1.807, 2.05) is 41.8 Å². The molecule has 3 rings (SSSR count). The summed E-state index contributed by atoms with van der Waals surface area (Å²) >= 11 is 6.16. The number of Topliss-reactive ketones (excluding diaryl/α,β-unsaturated/α-hetero) is 1. The number of benzene rings is 1. The maximum Gasteiger partial charge on any atom is 0.178 e. The van der Waals surface area contributed by atoms with Gasteiger partial charge < -0.3 is 0 Å². The van der Waals surface area contributed by atoms with Crippen molar-refractivity contribution in [3.8, 4) is 0 Å². The molecule has 0 atom stereocenters. The minimum atomic E-state index is 0.0152. The molecule has 0 radical (unpaired) electrons. The van der Waals surface area contributed by atoms with E-state index in [1.165, 1.54) is 0 Å². The van der Waals surface area contributed by atoms with Crippen LogP contribution in [0.2, 0.25) is 5.02 Å². The van der Waals surface area contributed by atoms with Crippen LogP contribution in [0.1, 0.15) is 23.1 Å². The molecule has 3 aromatic rings. The highest BCUT2D eigenvalue weighted by Gasteiger charge is 2.14. The highest BCUT2D eigenvalue weighted by molar-refractivity contribution is 6.35. The molecule has 0 spiro atoms. The van der Waals surface area contributed by atoms with E-state index in [-0.39, 0.29) is 5.78 Å². The first-order valence-electron chi connectivity index (χ1n) is 5.66. The number of rotatable bonds is 1. The number of carbonyl (C=O) groups excluding carboxylic acids is 1. The summed E-state index contributed by atoms with van der Waals surface area (Å²) in [4.78, 5) is 16.1. The van der Waals surface area contributed by atoms with E-state index in [0.29, 0.717) is 10.7 Å². The van der Waals surface area contributed by atoms with Gasteiger partial charge in [-0.05, 0) is 19.1 Å². The summed E-state index contributed by atoms with van der Waals surface area (Å²) in [5.74, 6) is 0.0152. The van der Waals surface area contributed by atoms with Gasteiger partial charge in [-0.2, -0.15) is 0 Å². The molecule has 4 heteroatoms. The second kappa shape index (κ2) is 3.82. The summed E-state index contributed by atoms with van der Waals surface area (Å²) in [6.07, 6.45) is 1.85. The number of hydrogen-bond donors (Lipinski definition) is 0. The molecule has 0 saturated carbocycles. The molecule has 3 nitrogen and oxygen atoms in total. The molecule has 0 saturated heterocycles. The summed E-state index contributed by atoms with van der Waals surface area (Å²) in [5, 5.41) is 2.60. The predicted molar refractivity (Wildman–Crippen MR) is 72.4 cm³/mol. The quantitative estimate of drug-likeness (QED) is 0.625. The minimum Gasteiger partial charge on any atom is -0.296 e. The Hall–Kier alpha value is -1.87. The van der Waals surface area contributed by atoms with Crippen molar-refractivity contribution >= 4 is 33.8 Å². The normalized spacial score (nSPS) is 11.3. The number of hydrogen-bond acceptors (Lipinski definition) is 2. The second-order valence-electron chi connectivity index (χ2n) is 4.31. The summed E-state index contributed by atoms with van der Waals surface area (Å²) < 4.78 is 1.83. The third kappa shape index (κ3) is 1.44. The fraction of sp³-hybridized carbons (Fsp3) is 0.143. The number of ketones is 1. The van der Waals surface area contributed by atoms with Gasteiger partial charge in [0.25, 0.3) is 0 Å². The Morgan fingerprint density at radius 3 is 2.78 bits per heavy atom. The topological polar surface area (TPSA) is 34.4 Å². The molecule has 1 aromatic carbocycles. The molecule has 0 N–H and O–H groups in total. The third-order valence-corrected chi connectivity index (χ3v) is 3.43. The molecule has 0 bridgehead atoms. The van der Waals surface area contributed by atoms with Crippen molar-refractivity contribution in [3.05, 3.63) is 46.9 Å². The van der Waals surface area contributed by atoms with E-state index < -0.39 is 0 Å². The SMILES string of the molecule is CC(=O)c1c(C)nc2c3cccc(Cl)c3ccn12. The molecule has 0 aliphatic rings. The van der Waals surface area contributed by atoms with Gasteiger partial charge in [-0.25, -0.2) is 4.98 Å². The van der Waals surface area contributed by atoms with Crippen LogP contribution in [0.5, 0.6) is 0 Å². The monoisotopic (exact) mass is 258 g/mol. The largest absolute Gasteiger partial charge is 0.296 e. The molecule has 18 heavy (non-hydrogen) atoms. The van der Waals surface area contributed by atoms with Gasteiger partial charge in [0.1, 0.15) is 11.3 Å². The highest BCUT2D eigenvalue weighted by atomic mass is 35.5. The van der Waals surface area contributed by atoms with E-state index in [9.17, 15) is 4.79 Å². The van der Waals surface area contributed by atoms with Crippen LogP contribution in [0.15, 0.2) is 30.5 Å². The number of aryl methyl sites for hydroxylation is 1. The lowest BCUT2D eigenvalue weighted by Gasteiger charge is -2.03. The van der Waals surface area contributed by atoms with Crippen LogP contribution in [-0.2, 0) is 0 Å². The summed E-state index contributed by atoms with van der Waals surface area (Å²) in [5.41, 5.74) is 2.15. The fourth-order valence-electron chi connectivity index (χ4n) is 2.36. The van der Waals surface area contributed by atoms with Gasteiger partial charge in [-0.3, -0.25) is 9.20 Å². The van der Waals surface area contributed by atoms with Gasteiger partial charge >= 0.3 is 0 Å². The number of fused-ring (bicyclic) bond motifs is 3. The van der Waals surface area contributed by atoms with Gasteiger partial charge in [0.15, 0.2) is 5.78 Å². The predicted octanol–water partition coefficient (Wildman–Crippen LogP) is 3.65. The Balaban J connectivity index is 2.54. The Labute approximate surface area is 109 Å². The third-order valence-electron chi connectivity index (χ3n) is 3.10. The first-order chi connectivity index (χ1) is 8.59. The van der Waals surface area contributed by atoms with Crippen molar-refractivity contribution in [2.45, 2.75) is 13.8 Å². The molecule has 90 valence electrons. The number of carbonyl (C=O) groups is 1. The smallest absolute Gasteiger partial charge is 0.178 e. The van der Waals surface area contributed by atoms with Gasteiger partial charge in [0, 0.05) is 28.9 Å². The van der Waals surface area contributed by atoms with E-state index in [0.717, 1.165) is 22.1 Å². The number of aromatic nitrogens is 2. The van der Waals surface area contributed by atoms with E-state index >= 15 is 0 Å². The van der Waals surface area contributed by atoms with Crippen LogP contribution < -0.4 is 0 Å². The van der Waals surface area contributed by atoms with E-state index in [4.69, 9.17) is 11.6 Å². The lowest BCUT2D eigenvalue weighted by molar-refractivity contribution is 0.101. The van der Waals surface area contributed by atoms with E-state index in [1.54, 1.807) is 6.92 Å². The maximum atomic E-state index is 11.7. The Morgan fingerprint density at radius 2 is 2.06 bits per heavy atom. The van der Waals surface area contributed by atoms with Crippen LogP contribution in [-0.4, -0.2) is 15.2 Å². The average Bonchev–Trinajstić information content (AvgIpc) is 2.66. The molecule has 0 unspecified atom stereocenters. The number of imidazole rings is 1. The summed E-state index contributed by atoms with van der Waals surface area (Å²) in [6, 6.07) is 7.62. The average molecular weight is 259 g/mol. The van der Waals surface area contributed by atoms with Crippen LogP contribution >= 0.6 is 11.6 Å². The standard InChI is InChI=1S/C14H11ClN2O/c1-8-13(9(2)18)17-7-6-10-11(14(17)16-8)4-3-5-12(10)15/h3-7H,1-2H3. The van der Waals surface area contributed by atoms with Crippen molar-refractivity contribution in [2.24, 2.45) is 0 Å². The zero-order chi connectivity index (χ0) is 12.9. The van der Waals surface area contributed by atoms with Crippen LogP contribution in [0.25, 0.3) is 16.4 Å². The van der Waals surface area contributed by atoms with Crippen molar-refractivity contribution in [2.75, 3.05) is 0 Å². The van der Waals surface area contributed by atoms with Crippen LogP contribution in [0.3, 0.4) is 0 Å². The van der Waals surface area contributed by atoms with E-state index in [2.05, 4.69) is 4.98 Å². The maximum absolute atomic E-state index is 11.7. The fourth-order valence-corrected chi connectivity index (χ4v) is 2.59. The summed E-state index contributed by atoms with van der Waals surface area (Å²) in [7, 11) is 0. The Bertz CT molecular complexity index is 789. The molecule has 2 aromatic heterocycles. The molecular formula is C14H11ClN2O. The molecule has 0 fully saturated rings. The number of halogens is 1. The van der Waals surface area contributed by atoms with Crippen LogP contribution in [0, 0.1) is 6.92 Å². The van der Waals surface area contributed by atoms with Crippen LogP contribution in [0.4, 0.5) is 0 Å². The lowest BCUT2D eigenvalue weighted by atomic mass is 10.1. The van der Waals surface area contributed by atoms with Crippen molar-refractivity contribution < 1.29 is 4.79 Å². The molecule has 2 heterocycles. The van der Waals surface area contributed by atoms with Crippen molar-refractivity contribution in [1.29, 1.82) is 0 Å². The highest BCUT2D eigenvalue weighted by Crippen LogP contribution is 2.27. The van der Waals surface area contributed by atoms with Gasteiger partial charge in [-0.1, -0.05) is 23.7 Å². The van der Waals surface area contributed by atoms with Crippen molar-refractivity contribution in [3.63, 3.8) is 0 Å². The molecule has 0 aliphatic heterocycles. The summed E-state index contributed by atoms with van der Waals surface area (Å²) in [6.45, 7) is 3.40. The van der Waals surface area contributed by atoms with Gasteiger partial charge in [0.05, 0.1) is 5.69 Å². The van der Waals surface area contributed by atoms with Gasteiger partial charge in [0.2, 0.25) is 0 Å². The first kappa shape index (κ1) is 11.2. The minimum absolute atomic E-state index is 0.0152. The Kier molecular flexibility index (Phi) is 2.38. The zero-order valence-corrected chi connectivity index (χ0v) is 10.8. The number of pyridine rings is 1. The molecular weight excluding hydrogens is 248 g/mol. The molecule has 0 aliphatic carbocycles. The van der Waals surface area contributed by atoms with Crippen molar-refractivity contribution in [1.82, 2.24) is 9.38 Å². The van der Waals surface area contributed by atoms with Gasteiger partial charge in [-0.15, -0.1) is 0 Å². The zero-order valence-electron chi connectivity index (χ0n) is 10.1. The number of nitrogens with zero attached hydrogens (tertiary/aromatic N) is 2. The Morgan fingerprint density at radius 1 is 1.28 bits per heavy atom. The molecule has 0 amide bonds. The second-order valence-corrected chi connectivity index (χ2v) is 4.72.